The molecule has 0 atom stereocenters. The molecule has 0 radical (unpaired) electrons. The standard InChI is InChI=1S/C8H13N3O2/c1-11(3-4-12)7-5-8(13-2)10-6-9-7/h5-6,12H,3-4H2,1-2H3. The molecule has 0 bridgehead atoms. The third-order valence-electron chi connectivity index (χ3n) is 1.66. The highest BCUT2D eigenvalue weighted by Crippen LogP contribution is 2.12. The van der Waals surface area contributed by atoms with E-state index in [0.717, 1.165) is 5.82 Å². The summed E-state index contributed by atoms with van der Waals surface area (Å²) in [6, 6.07) is 1.72. The van der Waals surface area contributed by atoms with Crippen molar-refractivity contribution in [2.45, 2.75) is 0 Å². The molecule has 0 aliphatic heterocycles. The topological polar surface area (TPSA) is 58.5 Å². The molecule has 0 spiro atoms. The molecule has 0 aromatic carbocycles. The molecule has 0 aliphatic carbocycles. The van der Waals surface area contributed by atoms with Crippen molar-refractivity contribution in [3.8, 4) is 5.88 Å². The molecule has 1 aromatic heterocycles. The number of nitrogens with zero attached hydrogens (tertiary/aromatic N) is 3. The van der Waals surface area contributed by atoms with E-state index in [0.29, 0.717) is 12.4 Å². The quantitative estimate of drug-likeness (QED) is 0.707. The molecule has 0 fully saturated rings. The number of methoxy groups -OCH3 is 1. The number of rotatable bonds is 4. The second kappa shape index (κ2) is 4.61. The maximum Gasteiger partial charge on any atom is 0.218 e. The van der Waals surface area contributed by atoms with Crippen molar-refractivity contribution in [1.82, 2.24) is 9.97 Å². The molecular weight excluding hydrogens is 170 g/mol. The number of likely N-dealkylation sites (N-methyl/N-ethyl adjacent to an activating group) is 1. The van der Waals surface area contributed by atoms with Gasteiger partial charge in [-0.15, -0.1) is 0 Å². The minimum absolute atomic E-state index is 0.100. The summed E-state index contributed by atoms with van der Waals surface area (Å²) in [5.41, 5.74) is 0. The van der Waals surface area contributed by atoms with Crippen molar-refractivity contribution in [1.29, 1.82) is 0 Å². The average molecular weight is 183 g/mol. The highest BCUT2D eigenvalue weighted by Gasteiger charge is 2.02. The Hall–Kier alpha value is -1.36. The summed E-state index contributed by atoms with van der Waals surface area (Å²) in [7, 11) is 3.40. The lowest BCUT2D eigenvalue weighted by Gasteiger charge is -2.16. The number of ether oxygens (including phenoxy) is 1. The van der Waals surface area contributed by atoms with E-state index >= 15 is 0 Å². The minimum Gasteiger partial charge on any atom is -0.481 e. The summed E-state index contributed by atoms with van der Waals surface area (Å²) >= 11 is 0. The van der Waals surface area contributed by atoms with E-state index in [1.807, 2.05) is 11.9 Å². The number of hydrogen-bond acceptors (Lipinski definition) is 5. The largest absolute Gasteiger partial charge is 0.481 e. The van der Waals surface area contributed by atoms with Gasteiger partial charge in [-0.1, -0.05) is 0 Å². The predicted molar refractivity (Wildman–Crippen MR) is 48.9 cm³/mol. The van der Waals surface area contributed by atoms with Gasteiger partial charge in [0.25, 0.3) is 0 Å². The molecule has 0 amide bonds. The molecule has 1 rings (SSSR count). The normalized spacial score (nSPS) is 9.77. The van der Waals surface area contributed by atoms with Gasteiger partial charge in [0.05, 0.1) is 13.7 Å². The Morgan fingerprint density at radius 2 is 2.31 bits per heavy atom. The van der Waals surface area contributed by atoms with Crippen LogP contribution in [-0.4, -0.2) is 42.4 Å². The molecule has 1 heterocycles. The van der Waals surface area contributed by atoms with Gasteiger partial charge in [0.15, 0.2) is 0 Å². The van der Waals surface area contributed by atoms with Crippen LogP contribution in [0.4, 0.5) is 5.82 Å². The molecule has 0 aliphatic rings. The average Bonchev–Trinajstić information content (AvgIpc) is 2.18. The second-order valence-electron chi connectivity index (χ2n) is 2.56. The molecule has 0 saturated carbocycles. The Labute approximate surface area is 77.0 Å². The first kappa shape index (κ1) is 9.73. The summed E-state index contributed by atoms with van der Waals surface area (Å²) in [5.74, 6) is 1.26. The Morgan fingerprint density at radius 1 is 1.54 bits per heavy atom. The van der Waals surface area contributed by atoms with Gasteiger partial charge < -0.3 is 14.7 Å². The van der Waals surface area contributed by atoms with Crippen molar-refractivity contribution in [2.24, 2.45) is 0 Å². The summed E-state index contributed by atoms with van der Waals surface area (Å²) < 4.78 is 4.94. The van der Waals surface area contributed by atoms with Crippen molar-refractivity contribution < 1.29 is 9.84 Å². The Kier molecular flexibility index (Phi) is 3.45. The molecule has 0 saturated heterocycles. The zero-order valence-corrected chi connectivity index (χ0v) is 7.77. The summed E-state index contributed by atoms with van der Waals surface area (Å²) in [5, 5.41) is 8.71. The predicted octanol–water partition coefficient (Wildman–Crippen LogP) is -0.0863. The molecule has 1 aromatic rings. The Balaban J connectivity index is 2.75. The smallest absolute Gasteiger partial charge is 0.218 e. The van der Waals surface area contributed by atoms with Gasteiger partial charge in [-0.3, -0.25) is 0 Å². The van der Waals surface area contributed by atoms with Gasteiger partial charge in [-0.25, -0.2) is 9.97 Å². The van der Waals surface area contributed by atoms with Crippen LogP contribution in [0.1, 0.15) is 0 Å². The fourth-order valence-corrected chi connectivity index (χ4v) is 0.915. The number of hydrogen-bond donors (Lipinski definition) is 1. The van der Waals surface area contributed by atoms with Crippen LogP contribution in [0.15, 0.2) is 12.4 Å². The Morgan fingerprint density at radius 3 is 2.92 bits per heavy atom. The molecule has 1 N–H and O–H groups in total. The van der Waals surface area contributed by atoms with Crippen LogP contribution in [0.2, 0.25) is 0 Å². The van der Waals surface area contributed by atoms with Crippen LogP contribution in [-0.2, 0) is 0 Å². The van der Waals surface area contributed by atoms with E-state index in [4.69, 9.17) is 9.84 Å². The molecule has 72 valence electrons. The van der Waals surface area contributed by atoms with Gasteiger partial charge in [-0.05, 0) is 0 Å². The van der Waals surface area contributed by atoms with E-state index in [1.165, 1.54) is 6.33 Å². The van der Waals surface area contributed by atoms with E-state index in [1.54, 1.807) is 13.2 Å². The second-order valence-corrected chi connectivity index (χ2v) is 2.56. The van der Waals surface area contributed by atoms with Crippen molar-refractivity contribution in [3.05, 3.63) is 12.4 Å². The molecular formula is C8H13N3O2. The third-order valence-corrected chi connectivity index (χ3v) is 1.66. The number of anilines is 1. The SMILES string of the molecule is COc1cc(N(C)CCO)ncn1. The summed E-state index contributed by atoms with van der Waals surface area (Å²) in [4.78, 5) is 9.73. The first-order chi connectivity index (χ1) is 6.27. The van der Waals surface area contributed by atoms with E-state index in [9.17, 15) is 0 Å². The zero-order valence-electron chi connectivity index (χ0n) is 7.77. The third kappa shape index (κ3) is 2.55. The van der Waals surface area contributed by atoms with Crippen molar-refractivity contribution in [2.75, 3.05) is 32.2 Å². The summed E-state index contributed by atoms with van der Waals surface area (Å²) in [6.45, 7) is 0.642. The molecule has 5 heteroatoms. The van der Waals surface area contributed by atoms with E-state index in [2.05, 4.69) is 9.97 Å². The lowest BCUT2D eigenvalue weighted by atomic mass is 10.5. The molecule has 13 heavy (non-hydrogen) atoms. The molecule has 5 nitrogen and oxygen atoms in total. The van der Waals surface area contributed by atoms with Gasteiger partial charge in [0.2, 0.25) is 5.88 Å². The van der Waals surface area contributed by atoms with E-state index in [-0.39, 0.29) is 6.61 Å². The van der Waals surface area contributed by atoms with Crippen LogP contribution in [0.3, 0.4) is 0 Å². The van der Waals surface area contributed by atoms with Crippen molar-refractivity contribution in [3.63, 3.8) is 0 Å². The lowest BCUT2D eigenvalue weighted by Crippen LogP contribution is -2.22. The zero-order chi connectivity index (χ0) is 9.68. The van der Waals surface area contributed by atoms with Crippen LogP contribution in [0.5, 0.6) is 5.88 Å². The fourth-order valence-electron chi connectivity index (χ4n) is 0.915. The van der Waals surface area contributed by atoms with Gasteiger partial charge in [0, 0.05) is 19.7 Å². The van der Waals surface area contributed by atoms with Crippen LogP contribution in [0.25, 0.3) is 0 Å². The highest BCUT2D eigenvalue weighted by atomic mass is 16.5. The van der Waals surface area contributed by atoms with Gasteiger partial charge in [0.1, 0.15) is 12.1 Å². The lowest BCUT2D eigenvalue weighted by molar-refractivity contribution is 0.303. The number of aromatic nitrogens is 2. The Bertz CT molecular complexity index is 267. The maximum absolute atomic E-state index is 8.71. The van der Waals surface area contributed by atoms with E-state index < -0.39 is 0 Å². The monoisotopic (exact) mass is 183 g/mol. The van der Waals surface area contributed by atoms with Crippen molar-refractivity contribution >= 4 is 5.82 Å². The van der Waals surface area contributed by atoms with Crippen LogP contribution in [0, 0.1) is 0 Å². The number of aliphatic hydroxyl groups excluding tert-OH is 1. The highest BCUT2D eigenvalue weighted by molar-refractivity contribution is 5.39. The fraction of sp³-hybridized carbons (Fsp3) is 0.500. The first-order valence-corrected chi connectivity index (χ1v) is 3.96. The van der Waals surface area contributed by atoms with Crippen LogP contribution >= 0.6 is 0 Å². The van der Waals surface area contributed by atoms with Crippen LogP contribution < -0.4 is 9.64 Å². The first-order valence-electron chi connectivity index (χ1n) is 3.96. The maximum atomic E-state index is 8.71. The minimum atomic E-state index is 0.100. The van der Waals surface area contributed by atoms with Gasteiger partial charge in [-0.2, -0.15) is 0 Å². The summed E-state index contributed by atoms with van der Waals surface area (Å²) in [6.07, 6.45) is 1.43. The number of aliphatic hydroxyl groups is 1. The van der Waals surface area contributed by atoms with Gasteiger partial charge >= 0.3 is 0 Å². The molecule has 0 unspecified atom stereocenters.